The van der Waals surface area contributed by atoms with Crippen molar-refractivity contribution in [3.8, 4) is 0 Å². The van der Waals surface area contributed by atoms with Crippen molar-refractivity contribution < 1.29 is 0 Å². The number of nitrogens with zero attached hydrogens (tertiary/aromatic N) is 1. The van der Waals surface area contributed by atoms with Crippen molar-refractivity contribution in [2.24, 2.45) is 0 Å². The summed E-state index contributed by atoms with van der Waals surface area (Å²) in [5.74, 6) is 0. The average molecular weight is 289 g/mol. The predicted molar refractivity (Wildman–Crippen MR) is 88.8 cm³/mol. The van der Waals surface area contributed by atoms with Crippen LogP contribution in [0.25, 0.3) is 0 Å². The van der Waals surface area contributed by atoms with Gasteiger partial charge in [-0.25, -0.2) is 0 Å². The Morgan fingerprint density at radius 1 is 0.900 bits per heavy atom. The minimum atomic E-state index is 0.775. The van der Waals surface area contributed by atoms with Gasteiger partial charge in [0.25, 0.3) is 0 Å². The SMILES string of the molecule is CCN(CC)c1ccc(NCc2ccc(Cl)cc2)cc1. The van der Waals surface area contributed by atoms with Crippen molar-refractivity contribution in [2.75, 3.05) is 23.3 Å². The van der Waals surface area contributed by atoms with E-state index in [1.54, 1.807) is 0 Å². The molecule has 0 aliphatic heterocycles. The molecular formula is C17H21ClN2. The molecule has 0 spiro atoms. The molecular weight excluding hydrogens is 268 g/mol. The van der Waals surface area contributed by atoms with E-state index in [2.05, 4.69) is 48.3 Å². The lowest BCUT2D eigenvalue weighted by molar-refractivity contribution is 0.866. The van der Waals surface area contributed by atoms with Crippen LogP contribution >= 0.6 is 11.6 Å². The van der Waals surface area contributed by atoms with Crippen LogP contribution in [-0.2, 0) is 6.54 Å². The fourth-order valence-electron chi connectivity index (χ4n) is 2.19. The molecule has 1 N–H and O–H groups in total. The standard InChI is InChI=1S/C17H21ClN2/c1-3-20(4-2)17-11-9-16(10-12-17)19-13-14-5-7-15(18)8-6-14/h5-12,19H,3-4,13H2,1-2H3. The van der Waals surface area contributed by atoms with E-state index in [-0.39, 0.29) is 0 Å². The molecule has 0 saturated carbocycles. The molecule has 2 aromatic carbocycles. The molecule has 20 heavy (non-hydrogen) atoms. The summed E-state index contributed by atoms with van der Waals surface area (Å²) in [5, 5.41) is 4.20. The quantitative estimate of drug-likeness (QED) is 0.821. The molecule has 0 atom stereocenters. The Morgan fingerprint density at radius 3 is 2.05 bits per heavy atom. The Morgan fingerprint density at radius 2 is 1.50 bits per heavy atom. The van der Waals surface area contributed by atoms with Gasteiger partial charge in [-0.05, 0) is 55.8 Å². The third-order valence-electron chi connectivity index (χ3n) is 3.41. The number of halogens is 1. The highest BCUT2D eigenvalue weighted by Crippen LogP contribution is 2.18. The summed E-state index contributed by atoms with van der Waals surface area (Å²) < 4.78 is 0. The molecule has 0 saturated heterocycles. The average Bonchev–Trinajstić information content (AvgIpc) is 2.49. The monoisotopic (exact) mass is 288 g/mol. The minimum Gasteiger partial charge on any atom is -0.381 e. The lowest BCUT2D eigenvalue weighted by Crippen LogP contribution is -2.21. The van der Waals surface area contributed by atoms with Crippen LogP contribution in [-0.4, -0.2) is 13.1 Å². The van der Waals surface area contributed by atoms with Gasteiger partial charge in [-0.3, -0.25) is 0 Å². The van der Waals surface area contributed by atoms with Gasteiger partial charge >= 0.3 is 0 Å². The first-order valence-electron chi connectivity index (χ1n) is 7.06. The van der Waals surface area contributed by atoms with E-state index >= 15 is 0 Å². The van der Waals surface area contributed by atoms with Gasteiger partial charge in [0, 0.05) is 36.0 Å². The number of hydrogen-bond donors (Lipinski definition) is 1. The molecule has 0 fully saturated rings. The van der Waals surface area contributed by atoms with Crippen molar-refractivity contribution in [1.82, 2.24) is 0 Å². The van der Waals surface area contributed by atoms with Crippen LogP contribution in [0.1, 0.15) is 19.4 Å². The highest BCUT2D eigenvalue weighted by Gasteiger charge is 2.01. The summed E-state index contributed by atoms with van der Waals surface area (Å²) in [5.41, 5.74) is 3.63. The molecule has 0 aromatic heterocycles. The molecule has 0 amide bonds. The lowest BCUT2D eigenvalue weighted by atomic mass is 10.2. The van der Waals surface area contributed by atoms with E-state index in [0.29, 0.717) is 0 Å². The first-order valence-corrected chi connectivity index (χ1v) is 7.44. The van der Waals surface area contributed by atoms with Gasteiger partial charge in [0.2, 0.25) is 0 Å². The molecule has 3 heteroatoms. The third-order valence-corrected chi connectivity index (χ3v) is 3.66. The largest absolute Gasteiger partial charge is 0.381 e. The van der Waals surface area contributed by atoms with Gasteiger partial charge in [-0.15, -0.1) is 0 Å². The van der Waals surface area contributed by atoms with Crippen molar-refractivity contribution >= 4 is 23.0 Å². The normalized spacial score (nSPS) is 10.3. The van der Waals surface area contributed by atoms with E-state index in [0.717, 1.165) is 30.3 Å². The van der Waals surface area contributed by atoms with Gasteiger partial charge in [0.05, 0.1) is 0 Å². The van der Waals surface area contributed by atoms with E-state index in [1.165, 1.54) is 11.3 Å². The Balaban J connectivity index is 1.95. The van der Waals surface area contributed by atoms with Gasteiger partial charge < -0.3 is 10.2 Å². The second kappa shape index (κ2) is 7.20. The molecule has 0 aliphatic carbocycles. The molecule has 0 unspecified atom stereocenters. The van der Waals surface area contributed by atoms with Crippen LogP contribution < -0.4 is 10.2 Å². The van der Waals surface area contributed by atoms with Gasteiger partial charge in [0.1, 0.15) is 0 Å². The number of rotatable bonds is 6. The minimum absolute atomic E-state index is 0.775. The highest BCUT2D eigenvalue weighted by molar-refractivity contribution is 6.30. The maximum absolute atomic E-state index is 5.88. The second-order valence-electron chi connectivity index (χ2n) is 4.70. The number of anilines is 2. The summed E-state index contributed by atoms with van der Waals surface area (Å²) in [4.78, 5) is 2.34. The summed E-state index contributed by atoms with van der Waals surface area (Å²) in [7, 11) is 0. The number of nitrogens with one attached hydrogen (secondary N) is 1. The Labute approximate surface area is 126 Å². The van der Waals surface area contributed by atoms with Crippen LogP contribution in [0.5, 0.6) is 0 Å². The second-order valence-corrected chi connectivity index (χ2v) is 5.14. The van der Waals surface area contributed by atoms with Gasteiger partial charge in [-0.1, -0.05) is 23.7 Å². The van der Waals surface area contributed by atoms with Crippen LogP contribution in [0.15, 0.2) is 48.5 Å². The van der Waals surface area contributed by atoms with Crippen LogP contribution in [0, 0.1) is 0 Å². The molecule has 0 bridgehead atoms. The summed E-state index contributed by atoms with van der Waals surface area (Å²) >= 11 is 5.88. The molecule has 0 radical (unpaired) electrons. The first kappa shape index (κ1) is 14.7. The van der Waals surface area contributed by atoms with Crippen LogP contribution in [0.4, 0.5) is 11.4 Å². The fraction of sp³-hybridized carbons (Fsp3) is 0.294. The third kappa shape index (κ3) is 3.91. The zero-order valence-electron chi connectivity index (χ0n) is 12.1. The smallest absolute Gasteiger partial charge is 0.0406 e. The topological polar surface area (TPSA) is 15.3 Å². The fourth-order valence-corrected chi connectivity index (χ4v) is 2.31. The molecule has 2 nitrogen and oxygen atoms in total. The molecule has 2 rings (SSSR count). The van der Waals surface area contributed by atoms with E-state index < -0.39 is 0 Å². The number of hydrogen-bond acceptors (Lipinski definition) is 2. The van der Waals surface area contributed by atoms with Crippen molar-refractivity contribution in [3.63, 3.8) is 0 Å². The predicted octanol–water partition coefficient (Wildman–Crippen LogP) is 4.80. The summed E-state index contributed by atoms with van der Waals surface area (Å²) in [6.45, 7) is 7.23. The maximum Gasteiger partial charge on any atom is 0.0406 e. The van der Waals surface area contributed by atoms with Crippen molar-refractivity contribution in [1.29, 1.82) is 0 Å². The molecule has 0 aliphatic rings. The molecule has 0 heterocycles. The number of benzene rings is 2. The molecule has 2 aromatic rings. The highest BCUT2D eigenvalue weighted by atomic mass is 35.5. The van der Waals surface area contributed by atoms with Crippen LogP contribution in [0.3, 0.4) is 0 Å². The Hall–Kier alpha value is -1.67. The van der Waals surface area contributed by atoms with Gasteiger partial charge in [0.15, 0.2) is 0 Å². The maximum atomic E-state index is 5.88. The van der Waals surface area contributed by atoms with E-state index in [1.807, 2.05) is 24.3 Å². The van der Waals surface area contributed by atoms with Gasteiger partial charge in [-0.2, -0.15) is 0 Å². The van der Waals surface area contributed by atoms with E-state index in [9.17, 15) is 0 Å². The zero-order chi connectivity index (χ0) is 14.4. The van der Waals surface area contributed by atoms with Crippen LogP contribution in [0.2, 0.25) is 5.02 Å². The van der Waals surface area contributed by atoms with Crippen molar-refractivity contribution in [2.45, 2.75) is 20.4 Å². The summed E-state index contributed by atoms with van der Waals surface area (Å²) in [6, 6.07) is 16.5. The zero-order valence-corrected chi connectivity index (χ0v) is 12.8. The lowest BCUT2D eigenvalue weighted by Gasteiger charge is -2.21. The Bertz CT molecular complexity index is 516. The first-order chi connectivity index (χ1) is 9.72. The molecule has 106 valence electrons. The summed E-state index contributed by atoms with van der Waals surface area (Å²) in [6.07, 6.45) is 0. The van der Waals surface area contributed by atoms with E-state index in [4.69, 9.17) is 11.6 Å². The Kier molecular flexibility index (Phi) is 5.31. The van der Waals surface area contributed by atoms with Crippen molar-refractivity contribution in [3.05, 3.63) is 59.1 Å².